The number of hydrogen-bond acceptors (Lipinski definition) is 5. The van der Waals surface area contributed by atoms with Crippen molar-refractivity contribution in [1.82, 2.24) is 4.57 Å². The fraction of sp³-hybridized carbons (Fsp3) is 0.381. The number of fused-ring (bicyclic) bond motifs is 1. The maximum absolute atomic E-state index is 15.0. The number of hydrogen-bond donors (Lipinski definition) is 1. The Morgan fingerprint density at radius 2 is 2.10 bits per heavy atom. The number of aromatic carboxylic acids is 1. The van der Waals surface area contributed by atoms with E-state index in [1.807, 2.05) is 15.5 Å². The molecule has 5 rings (SSSR count). The minimum absolute atomic E-state index is 0.0278. The fourth-order valence-corrected chi connectivity index (χ4v) is 4.08. The Hall–Kier alpha value is -3.16. The Morgan fingerprint density at radius 1 is 1.28 bits per heavy atom. The molecule has 3 heterocycles. The molecule has 1 unspecified atom stereocenters. The molecule has 0 radical (unpaired) electrons. The van der Waals surface area contributed by atoms with Gasteiger partial charge in [-0.05, 0) is 37.5 Å². The Morgan fingerprint density at radius 3 is 2.79 bits per heavy atom. The first kappa shape index (κ1) is 17.9. The fourth-order valence-electron chi connectivity index (χ4n) is 4.08. The van der Waals surface area contributed by atoms with E-state index in [-0.39, 0.29) is 23.0 Å². The van der Waals surface area contributed by atoms with Crippen molar-refractivity contribution in [2.24, 2.45) is 4.99 Å². The van der Waals surface area contributed by atoms with Gasteiger partial charge in [0, 0.05) is 37.1 Å². The molecule has 1 aromatic heterocycles. The van der Waals surface area contributed by atoms with Gasteiger partial charge in [0.25, 0.3) is 0 Å². The summed E-state index contributed by atoms with van der Waals surface area (Å²) in [7, 11) is 0. The zero-order valence-electron chi connectivity index (χ0n) is 15.7. The molecule has 1 saturated carbocycles. The number of pyridine rings is 1. The van der Waals surface area contributed by atoms with Crippen molar-refractivity contribution in [3.63, 3.8) is 0 Å². The maximum Gasteiger partial charge on any atom is 0.341 e. The van der Waals surface area contributed by atoms with Crippen molar-refractivity contribution in [2.75, 3.05) is 18.0 Å². The lowest BCUT2D eigenvalue weighted by Gasteiger charge is -2.21. The smallest absolute Gasteiger partial charge is 0.341 e. The van der Waals surface area contributed by atoms with Crippen molar-refractivity contribution in [3.05, 3.63) is 52.3 Å². The molecule has 0 bridgehead atoms. The second kappa shape index (κ2) is 6.72. The second-order valence-corrected chi connectivity index (χ2v) is 7.74. The van der Waals surface area contributed by atoms with Crippen LogP contribution in [-0.2, 0) is 4.74 Å². The van der Waals surface area contributed by atoms with Gasteiger partial charge in [-0.1, -0.05) is 0 Å². The number of aromatic nitrogens is 1. The highest BCUT2D eigenvalue weighted by Gasteiger charge is 2.29. The summed E-state index contributed by atoms with van der Waals surface area (Å²) in [4.78, 5) is 30.6. The van der Waals surface area contributed by atoms with E-state index < -0.39 is 17.2 Å². The van der Waals surface area contributed by atoms with Crippen LogP contribution in [0, 0.1) is 5.82 Å². The first-order valence-corrected chi connectivity index (χ1v) is 9.76. The number of anilines is 1. The molecule has 150 valence electrons. The zero-order chi connectivity index (χ0) is 20.1. The topological polar surface area (TPSA) is 84.1 Å². The highest BCUT2D eigenvalue weighted by molar-refractivity contribution is 5.93. The largest absolute Gasteiger partial charge is 0.477 e. The molecule has 1 saturated heterocycles. The molecule has 29 heavy (non-hydrogen) atoms. The molecule has 3 aliphatic rings. The van der Waals surface area contributed by atoms with Crippen LogP contribution in [0.1, 0.15) is 42.1 Å². The highest BCUT2D eigenvalue weighted by atomic mass is 19.1. The molecule has 2 aliphatic heterocycles. The third-order valence-electron chi connectivity index (χ3n) is 5.69. The number of carbonyl (C=O) groups is 1. The average Bonchev–Trinajstić information content (AvgIpc) is 3.21. The van der Waals surface area contributed by atoms with Crippen LogP contribution in [-0.4, -0.2) is 40.7 Å². The van der Waals surface area contributed by atoms with Crippen LogP contribution in [0.5, 0.6) is 0 Å². The van der Waals surface area contributed by atoms with Gasteiger partial charge >= 0.3 is 5.97 Å². The van der Waals surface area contributed by atoms with Gasteiger partial charge in [0.15, 0.2) is 5.90 Å². The van der Waals surface area contributed by atoms with E-state index in [1.54, 1.807) is 12.3 Å². The molecule has 0 amide bonds. The summed E-state index contributed by atoms with van der Waals surface area (Å²) >= 11 is 0. The molecular weight excluding hydrogens is 377 g/mol. The lowest BCUT2D eigenvalue weighted by atomic mass is 10.1. The number of benzene rings is 1. The number of carboxylic acid groups (broad SMARTS) is 1. The van der Waals surface area contributed by atoms with Crippen LogP contribution in [0.2, 0.25) is 0 Å². The molecule has 1 aromatic carbocycles. The number of rotatable bonds is 4. The molecule has 8 heteroatoms. The van der Waals surface area contributed by atoms with E-state index in [9.17, 15) is 19.1 Å². The first-order valence-electron chi connectivity index (χ1n) is 9.76. The van der Waals surface area contributed by atoms with E-state index in [4.69, 9.17) is 4.74 Å². The first-order chi connectivity index (χ1) is 14.0. The molecule has 1 atom stereocenters. The Kier molecular flexibility index (Phi) is 4.15. The lowest BCUT2D eigenvalue weighted by molar-refractivity contribution is 0.0695. The van der Waals surface area contributed by atoms with E-state index in [0.717, 1.165) is 19.3 Å². The van der Waals surface area contributed by atoms with Crippen LogP contribution in [0.4, 0.5) is 10.1 Å². The standard InChI is InChI=1S/C21H20FN3O4/c22-16-8-14-17(25(13-3-4-13)11-15(20(14)26)21(27)28)9-18(16)24-6-5-12(10-24)23-19-2-1-7-29-19/h1,7-9,11-13H,2-6,10H2,(H,27,28). The third-order valence-corrected chi connectivity index (χ3v) is 5.69. The van der Waals surface area contributed by atoms with E-state index in [2.05, 4.69) is 4.99 Å². The van der Waals surface area contributed by atoms with Crippen LogP contribution in [0.3, 0.4) is 0 Å². The summed E-state index contributed by atoms with van der Waals surface area (Å²) in [6, 6.07) is 3.04. The van der Waals surface area contributed by atoms with Gasteiger partial charge in [-0.2, -0.15) is 0 Å². The van der Waals surface area contributed by atoms with Crippen molar-refractivity contribution in [1.29, 1.82) is 0 Å². The average molecular weight is 397 g/mol. The van der Waals surface area contributed by atoms with Gasteiger partial charge in [0.05, 0.1) is 23.5 Å². The predicted molar refractivity (Wildman–Crippen MR) is 106 cm³/mol. The number of ether oxygens (including phenoxy) is 1. The molecule has 1 N–H and O–H groups in total. The van der Waals surface area contributed by atoms with E-state index >= 15 is 0 Å². The summed E-state index contributed by atoms with van der Waals surface area (Å²) in [5.74, 6) is -1.13. The molecule has 7 nitrogen and oxygen atoms in total. The normalized spacial score (nSPS) is 22.6. The minimum atomic E-state index is -1.29. The van der Waals surface area contributed by atoms with Gasteiger partial charge in [-0.3, -0.25) is 4.79 Å². The maximum atomic E-state index is 15.0. The predicted octanol–water partition coefficient (Wildman–Crippen LogP) is 3.08. The van der Waals surface area contributed by atoms with Crippen LogP contribution in [0.15, 0.2) is 40.5 Å². The Bertz CT molecular complexity index is 1120. The van der Waals surface area contributed by atoms with Crippen LogP contribution < -0.4 is 10.3 Å². The quantitative estimate of drug-likeness (QED) is 0.857. The third kappa shape index (κ3) is 3.18. The molecule has 2 aromatic rings. The molecule has 1 aliphatic carbocycles. The second-order valence-electron chi connectivity index (χ2n) is 7.74. The Balaban J connectivity index is 1.54. The van der Waals surface area contributed by atoms with Crippen molar-refractivity contribution < 1.29 is 19.0 Å². The summed E-state index contributed by atoms with van der Waals surface area (Å²) < 4.78 is 22.1. The van der Waals surface area contributed by atoms with Gasteiger partial charge in [0.1, 0.15) is 11.4 Å². The number of nitrogens with zero attached hydrogens (tertiary/aromatic N) is 3. The number of carboxylic acids is 1. The molecule has 0 spiro atoms. The molecule has 2 fully saturated rings. The summed E-state index contributed by atoms with van der Waals surface area (Å²) in [6.45, 7) is 1.22. The number of aliphatic imine (C=N–C) groups is 1. The lowest BCUT2D eigenvalue weighted by Crippen LogP contribution is -2.24. The van der Waals surface area contributed by atoms with Gasteiger partial charge in [-0.15, -0.1) is 0 Å². The summed E-state index contributed by atoms with van der Waals surface area (Å²) in [5.41, 5.74) is 0.0322. The van der Waals surface area contributed by atoms with Crippen LogP contribution >= 0.6 is 0 Å². The minimum Gasteiger partial charge on any atom is -0.477 e. The van der Waals surface area contributed by atoms with Crippen molar-refractivity contribution in [3.8, 4) is 0 Å². The zero-order valence-corrected chi connectivity index (χ0v) is 15.7. The van der Waals surface area contributed by atoms with Gasteiger partial charge in [0.2, 0.25) is 5.43 Å². The highest BCUT2D eigenvalue weighted by Crippen LogP contribution is 2.38. The van der Waals surface area contributed by atoms with Crippen LogP contribution in [0.25, 0.3) is 10.9 Å². The van der Waals surface area contributed by atoms with Crippen molar-refractivity contribution >= 4 is 28.5 Å². The summed E-state index contributed by atoms with van der Waals surface area (Å²) in [5, 5.41) is 9.46. The Labute approximate surface area is 165 Å². The monoisotopic (exact) mass is 397 g/mol. The van der Waals surface area contributed by atoms with E-state index in [1.165, 1.54) is 12.3 Å². The SMILES string of the molecule is O=C(O)c1cn(C2CC2)c2cc(N3CCC(N=C4CC=CO4)C3)c(F)cc2c1=O. The van der Waals surface area contributed by atoms with Crippen molar-refractivity contribution in [2.45, 2.75) is 37.8 Å². The van der Waals surface area contributed by atoms with Gasteiger partial charge in [-0.25, -0.2) is 14.2 Å². The molecular formula is C21H20FN3O4. The summed E-state index contributed by atoms with van der Waals surface area (Å²) in [6.07, 6.45) is 8.23. The number of halogens is 1. The van der Waals surface area contributed by atoms with E-state index in [0.29, 0.717) is 36.6 Å². The van der Waals surface area contributed by atoms with Gasteiger partial charge < -0.3 is 19.3 Å².